The monoisotopic (exact) mass is 302 g/mol. The number of sulfonamides is 1. The number of carbonyl (C=O) groups is 1. The van der Waals surface area contributed by atoms with Crippen molar-refractivity contribution in [2.75, 3.05) is 25.9 Å². The predicted molar refractivity (Wildman–Crippen MR) is 78.7 cm³/mol. The highest BCUT2D eigenvalue weighted by Crippen LogP contribution is 2.48. The fraction of sp³-hybridized carbons (Fsp3) is 0.929. The fourth-order valence-electron chi connectivity index (χ4n) is 2.67. The maximum absolute atomic E-state index is 11.8. The van der Waals surface area contributed by atoms with E-state index in [0.717, 1.165) is 19.3 Å². The minimum Gasteiger partial charge on any atom is -0.356 e. The summed E-state index contributed by atoms with van der Waals surface area (Å²) in [6.45, 7) is 4.09. The first-order chi connectivity index (χ1) is 9.28. The van der Waals surface area contributed by atoms with Gasteiger partial charge < -0.3 is 5.32 Å². The molecule has 6 heteroatoms. The molecule has 2 fully saturated rings. The third kappa shape index (κ3) is 4.74. The van der Waals surface area contributed by atoms with Gasteiger partial charge in [0, 0.05) is 26.1 Å². The van der Waals surface area contributed by atoms with Crippen molar-refractivity contribution >= 4 is 15.9 Å². The Morgan fingerprint density at radius 3 is 2.40 bits per heavy atom. The van der Waals surface area contributed by atoms with Crippen LogP contribution in [0.5, 0.6) is 0 Å². The molecule has 0 radical (unpaired) electrons. The van der Waals surface area contributed by atoms with Crippen LogP contribution < -0.4 is 5.32 Å². The molecule has 1 saturated heterocycles. The number of piperidine rings is 1. The van der Waals surface area contributed by atoms with Crippen molar-refractivity contribution in [2.24, 2.45) is 11.3 Å². The summed E-state index contributed by atoms with van der Waals surface area (Å²) in [5.74, 6) is 0.553. The number of nitrogens with one attached hydrogen (secondary N) is 1. The molecule has 5 nitrogen and oxygen atoms in total. The van der Waals surface area contributed by atoms with E-state index in [9.17, 15) is 13.2 Å². The molecule has 0 aromatic heterocycles. The maximum atomic E-state index is 11.8. The molecule has 1 saturated carbocycles. The highest BCUT2D eigenvalue weighted by molar-refractivity contribution is 7.88. The lowest BCUT2D eigenvalue weighted by Gasteiger charge is -2.30. The summed E-state index contributed by atoms with van der Waals surface area (Å²) in [6, 6.07) is 0. The largest absolute Gasteiger partial charge is 0.356 e. The number of hydrogen-bond acceptors (Lipinski definition) is 3. The first-order valence-electron chi connectivity index (χ1n) is 7.50. The van der Waals surface area contributed by atoms with Gasteiger partial charge in [0.05, 0.1) is 6.26 Å². The van der Waals surface area contributed by atoms with Crippen LogP contribution in [0.1, 0.15) is 45.4 Å². The summed E-state index contributed by atoms with van der Waals surface area (Å²) in [4.78, 5) is 11.8. The number of nitrogens with zero attached hydrogens (tertiary/aromatic N) is 1. The second kappa shape index (κ2) is 6.02. The number of amides is 1. The van der Waals surface area contributed by atoms with Crippen LogP contribution in [0.15, 0.2) is 0 Å². The minimum atomic E-state index is -3.05. The molecule has 0 atom stereocenters. The average Bonchev–Trinajstić information content (AvgIpc) is 3.12. The molecule has 116 valence electrons. The van der Waals surface area contributed by atoms with Crippen molar-refractivity contribution in [3.8, 4) is 0 Å². The predicted octanol–water partition coefficient (Wildman–Crippen LogP) is 1.35. The van der Waals surface area contributed by atoms with Crippen molar-refractivity contribution in [2.45, 2.75) is 45.4 Å². The molecular weight excluding hydrogens is 276 g/mol. The summed E-state index contributed by atoms with van der Waals surface area (Å²) in [7, 11) is -3.05. The Morgan fingerprint density at radius 1 is 1.30 bits per heavy atom. The molecule has 1 N–H and O–H groups in total. The first kappa shape index (κ1) is 15.8. The van der Waals surface area contributed by atoms with Gasteiger partial charge in [-0.25, -0.2) is 12.7 Å². The minimum absolute atomic E-state index is 0.142. The van der Waals surface area contributed by atoms with Gasteiger partial charge >= 0.3 is 0 Å². The lowest BCUT2D eigenvalue weighted by atomic mass is 9.98. The standard InChI is InChI=1S/C14H26N2O3S/c1-14(7-8-14)6-3-13(17)15-11-12-4-9-16(10-5-12)20(2,18)19/h12H,3-11H2,1-2H3,(H,15,17). The molecule has 1 heterocycles. The van der Waals surface area contributed by atoms with E-state index in [4.69, 9.17) is 0 Å². The average molecular weight is 302 g/mol. The van der Waals surface area contributed by atoms with Gasteiger partial charge in [0.2, 0.25) is 15.9 Å². The van der Waals surface area contributed by atoms with E-state index in [0.29, 0.717) is 37.4 Å². The molecule has 1 aliphatic heterocycles. The Balaban J connectivity index is 1.62. The zero-order valence-electron chi connectivity index (χ0n) is 12.5. The molecule has 20 heavy (non-hydrogen) atoms. The summed E-state index contributed by atoms with van der Waals surface area (Å²) >= 11 is 0. The molecule has 0 aromatic rings. The van der Waals surface area contributed by atoms with Gasteiger partial charge in [0.1, 0.15) is 0 Å². The number of carbonyl (C=O) groups excluding carboxylic acids is 1. The van der Waals surface area contributed by atoms with E-state index >= 15 is 0 Å². The van der Waals surface area contributed by atoms with Gasteiger partial charge in [-0.1, -0.05) is 6.92 Å². The van der Waals surface area contributed by atoms with Crippen LogP contribution in [0.2, 0.25) is 0 Å². The van der Waals surface area contributed by atoms with Crippen LogP contribution in [-0.2, 0) is 14.8 Å². The SMILES string of the molecule is CC1(CCC(=O)NCC2CCN(S(C)(=O)=O)CC2)CC1. The quantitative estimate of drug-likeness (QED) is 0.805. The highest BCUT2D eigenvalue weighted by Gasteiger charge is 2.37. The third-order valence-corrected chi connectivity index (χ3v) is 5.99. The Hall–Kier alpha value is -0.620. The fourth-order valence-corrected chi connectivity index (χ4v) is 3.54. The van der Waals surface area contributed by atoms with Gasteiger partial charge in [-0.3, -0.25) is 4.79 Å². The van der Waals surface area contributed by atoms with E-state index in [1.165, 1.54) is 23.4 Å². The van der Waals surface area contributed by atoms with Gasteiger partial charge in [-0.05, 0) is 43.4 Å². The molecule has 0 aromatic carbocycles. The molecule has 0 unspecified atom stereocenters. The third-order valence-electron chi connectivity index (χ3n) is 4.69. The highest BCUT2D eigenvalue weighted by atomic mass is 32.2. The Bertz CT molecular complexity index is 449. The molecule has 2 rings (SSSR count). The van der Waals surface area contributed by atoms with Crippen molar-refractivity contribution in [3.63, 3.8) is 0 Å². The molecule has 0 bridgehead atoms. The normalized spacial score (nSPS) is 23.5. The second-order valence-electron chi connectivity index (χ2n) is 6.72. The van der Waals surface area contributed by atoms with Crippen molar-refractivity contribution in [1.82, 2.24) is 9.62 Å². The summed E-state index contributed by atoms with van der Waals surface area (Å²) in [5.41, 5.74) is 0.429. The van der Waals surface area contributed by atoms with E-state index in [1.54, 1.807) is 0 Å². The molecule has 1 aliphatic carbocycles. The second-order valence-corrected chi connectivity index (χ2v) is 8.70. The van der Waals surface area contributed by atoms with Crippen molar-refractivity contribution < 1.29 is 13.2 Å². The first-order valence-corrected chi connectivity index (χ1v) is 9.35. The van der Waals surface area contributed by atoms with Gasteiger partial charge in [0.15, 0.2) is 0 Å². The zero-order valence-corrected chi connectivity index (χ0v) is 13.3. The lowest BCUT2D eigenvalue weighted by Crippen LogP contribution is -2.41. The molecule has 0 spiro atoms. The Morgan fingerprint density at radius 2 is 1.90 bits per heavy atom. The van der Waals surface area contributed by atoms with E-state index in [1.807, 2.05) is 0 Å². The van der Waals surface area contributed by atoms with Crippen LogP contribution in [0.4, 0.5) is 0 Å². The smallest absolute Gasteiger partial charge is 0.220 e. The Labute approximate surface area is 122 Å². The van der Waals surface area contributed by atoms with Crippen molar-refractivity contribution in [3.05, 3.63) is 0 Å². The van der Waals surface area contributed by atoms with Crippen LogP contribution in [-0.4, -0.2) is 44.5 Å². The van der Waals surface area contributed by atoms with Crippen LogP contribution in [0.3, 0.4) is 0 Å². The number of hydrogen-bond donors (Lipinski definition) is 1. The Kier molecular flexibility index (Phi) is 4.74. The zero-order chi connectivity index (χ0) is 14.8. The molecule has 1 amide bonds. The lowest BCUT2D eigenvalue weighted by molar-refractivity contribution is -0.121. The van der Waals surface area contributed by atoms with E-state index < -0.39 is 10.0 Å². The summed E-state index contributed by atoms with van der Waals surface area (Å²) in [5, 5.41) is 3.00. The summed E-state index contributed by atoms with van der Waals surface area (Å²) in [6.07, 6.45) is 7.06. The van der Waals surface area contributed by atoms with Crippen LogP contribution in [0, 0.1) is 11.3 Å². The van der Waals surface area contributed by atoms with Gasteiger partial charge in [0.25, 0.3) is 0 Å². The maximum Gasteiger partial charge on any atom is 0.220 e. The van der Waals surface area contributed by atoms with Crippen molar-refractivity contribution in [1.29, 1.82) is 0 Å². The molecule has 2 aliphatic rings. The van der Waals surface area contributed by atoms with E-state index in [-0.39, 0.29) is 5.91 Å². The summed E-state index contributed by atoms with van der Waals surface area (Å²) < 4.78 is 24.3. The van der Waals surface area contributed by atoms with Gasteiger partial charge in [-0.2, -0.15) is 0 Å². The van der Waals surface area contributed by atoms with Crippen LogP contribution >= 0.6 is 0 Å². The van der Waals surface area contributed by atoms with Gasteiger partial charge in [-0.15, -0.1) is 0 Å². The topological polar surface area (TPSA) is 66.5 Å². The number of rotatable bonds is 6. The van der Waals surface area contributed by atoms with Crippen LogP contribution in [0.25, 0.3) is 0 Å². The molecular formula is C14H26N2O3S. The van der Waals surface area contributed by atoms with E-state index in [2.05, 4.69) is 12.2 Å².